The van der Waals surface area contributed by atoms with Gasteiger partial charge in [0.05, 0.1) is 41.0 Å². The standard InChI is InChI=1S/C24H20FNO5S2/c1-30-20-4-3-5-21(31-2)18(20)14-33(28,29)17-10-11-22-19(13-17)26-24(27)23(32-22)12-15-6-8-16(25)9-7-15/h3-13H,14H2,1-2H3,(H,26,27)/b23-12-. The van der Waals surface area contributed by atoms with Crippen molar-refractivity contribution in [2.45, 2.75) is 15.5 Å². The minimum Gasteiger partial charge on any atom is -0.496 e. The molecule has 0 aliphatic carbocycles. The molecule has 6 nitrogen and oxygen atoms in total. The first-order chi connectivity index (χ1) is 15.8. The molecule has 1 heterocycles. The van der Waals surface area contributed by atoms with E-state index in [-0.39, 0.29) is 22.4 Å². The normalized spacial score (nSPS) is 14.5. The molecule has 1 aliphatic rings. The van der Waals surface area contributed by atoms with Crippen LogP contribution in [0, 0.1) is 5.82 Å². The number of fused-ring (bicyclic) bond motifs is 1. The number of rotatable bonds is 6. The Balaban J connectivity index is 1.63. The van der Waals surface area contributed by atoms with E-state index >= 15 is 0 Å². The highest BCUT2D eigenvalue weighted by Gasteiger charge is 2.26. The Morgan fingerprint density at radius 3 is 2.30 bits per heavy atom. The van der Waals surface area contributed by atoms with Crippen LogP contribution in [0.15, 0.2) is 75.4 Å². The molecule has 3 aromatic rings. The lowest BCUT2D eigenvalue weighted by Gasteiger charge is -2.20. The highest BCUT2D eigenvalue weighted by atomic mass is 32.2. The number of ether oxygens (including phenoxy) is 2. The lowest BCUT2D eigenvalue weighted by atomic mass is 10.2. The summed E-state index contributed by atoms with van der Waals surface area (Å²) < 4.78 is 50.1. The van der Waals surface area contributed by atoms with Gasteiger partial charge in [-0.25, -0.2) is 12.8 Å². The van der Waals surface area contributed by atoms with Gasteiger partial charge in [-0.3, -0.25) is 4.79 Å². The number of carbonyl (C=O) groups is 1. The molecule has 0 aromatic heterocycles. The number of anilines is 1. The number of benzene rings is 3. The Kier molecular flexibility index (Phi) is 6.44. The molecular weight excluding hydrogens is 465 g/mol. The number of hydrogen-bond donors (Lipinski definition) is 1. The molecule has 0 bridgehead atoms. The first kappa shape index (κ1) is 22.9. The van der Waals surface area contributed by atoms with Crippen molar-refractivity contribution in [3.05, 3.63) is 82.5 Å². The predicted octanol–water partition coefficient (Wildman–Crippen LogP) is 4.90. The Hall–Kier alpha value is -3.30. The maximum absolute atomic E-state index is 13.2. The minimum atomic E-state index is -3.77. The smallest absolute Gasteiger partial charge is 0.262 e. The van der Waals surface area contributed by atoms with Crippen LogP contribution < -0.4 is 14.8 Å². The van der Waals surface area contributed by atoms with Gasteiger partial charge in [0.1, 0.15) is 17.3 Å². The third kappa shape index (κ3) is 4.89. The molecule has 0 fully saturated rings. The van der Waals surface area contributed by atoms with E-state index in [4.69, 9.17) is 9.47 Å². The average molecular weight is 486 g/mol. The van der Waals surface area contributed by atoms with Crippen LogP contribution in [-0.4, -0.2) is 28.5 Å². The molecule has 0 spiro atoms. The monoisotopic (exact) mass is 485 g/mol. The van der Waals surface area contributed by atoms with Gasteiger partial charge in [0.25, 0.3) is 5.91 Å². The number of thioether (sulfide) groups is 1. The van der Waals surface area contributed by atoms with Gasteiger partial charge in [0, 0.05) is 4.90 Å². The average Bonchev–Trinajstić information content (AvgIpc) is 2.80. The molecule has 9 heteroatoms. The summed E-state index contributed by atoms with van der Waals surface area (Å²) in [5, 5.41) is 2.75. The Bertz CT molecular complexity index is 1330. The quantitative estimate of drug-likeness (QED) is 0.500. The second kappa shape index (κ2) is 9.29. The van der Waals surface area contributed by atoms with Crippen molar-refractivity contribution in [1.82, 2.24) is 0 Å². The molecule has 1 aliphatic heterocycles. The molecule has 0 saturated heterocycles. The summed E-state index contributed by atoms with van der Waals surface area (Å²) in [4.78, 5) is 13.8. The Morgan fingerprint density at radius 1 is 1.00 bits per heavy atom. The lowest BCUT2D eigenvalue weighted by molar-refractivity contribution is -0.112. The summed E-state index contributed by atoms with van der Waals surface area (Å²) in [6.07, 6.45) is 1.65. The molecule has 1 amide bonds. The van der Waals surface area contributed by atoms with Crippen LogP contribution >= 0.6 is 11.8 Å². The van der Waals surface area contributed by atoms with Crippen LogP contribution in [0.3, 0.4) is 0 Å². The van der Waals surface area contributed by atoms with E-state index in [1.807, 2.05) is 0 Å². The minimum absolute atomic E-state index is 0.0704. The van der Waals surface area contributed by atoms with E-state index < -0.39 is 9.84 Å². The third-order valence-electron chi connectivity index (χ3n) is 5.03. The van der Waals surface area contributed by atoms with Crippen molar-refractivity contribution in [2.75, 3.05) is 19.5 Å². The van der Waals surface area contributed by atoms with E-state index in [2.05, 4.69) is 5.32 Å². The van der Waals surface area contributed by atoms with Gasteiger partial charge in [-0.1, -0.05) is 30.0 Å². The zero-order valence-corrected chi connectivity index (χ0v) is 19.4. The molecule has 4 rings (SSSR count). The fourth-order valence-corrected chi connectivity index (χ4v) is 5.72. The fraction of sp³-hybridized carbons (Fsp3) is 0.125. The molecule has 170 valence electrons. The van der Waals surface area contributed by atoms with Gasteiger partial charge in [0.2, 0.25) is 0 Å². The second-order valence-electron chi connectivity index (χ2n) is 7.17. The Morgan fingerprint density at radius 2 is 1.67 bits per heavy atom. The third-order valence-corrected chi connectivity index (χ3v) is 7.77. The van der Waals surface area contributed by atoms with Crippen molar-refractivity contribution in [3.63, 3.8) is 0 Å². The van der Waals surface area contributed by atoms with Crippen LogP contribution in [0.4, 0.5) is 10.1 Å². The van der Waals surface area contributed by atoms with Crippen molar-refractivity contribution in [3.8, 4) is 11.5 Å². The van der Waals surface area contributed by atoms with E-state index in [0.717, 1.165) is 0 Å². The maximum atomic E-state index is 13.2. The van der Waals surface area contributed by atoms with E-state index in [0.29, 0.717) is 38.1 Å². The summed E-state index contributed by atoms with van der Waals surface area (Å²) in [6, 6.07) is 15.5. The SMILES string of the molecule is COc1cccc(OC)c1CS(=O)(=O)c1ccc2c(c1)NC(=O)/C(=C/c1ccc(F)cc1)S2. The number of hydrogen-bond acceptors (Lipinski definition) is 6. The first-order valence-electron chi connectivity index (χ1n) is 9.84. The van der Waals surface area contributed by atoms with Gasteiger partial charge in [0.15, 0.2) is 9.84 Å². The molecule has 0 unspecified atom stereocenters. The van der Waals surface area contributed by atoms with Crippen LogP contribution in [0.5, 0.6) is 11.5 Å². The number of methoxy groups -OCH3 is 2. The van der Waals surface area contributed by atoms with Crippen LogP contribution in [0.1, 0.15) is 11.1 Å². The molecule has 0 atom stereocenters. The highest BCUT2D eigenvalue weighted by molar-refractivity contribution is 8.04. The van der Waals surface area contributed by atoms with Crippen molar-refractivity contribution < 1.29 is 27.1 Å². The number of nitrogens with one attached hydrogen (secondary N) is 1. The number of sulfone groups is 1. The highest BCUT2D eigenvalue weighted by Crippen LogP contribution is 2.41. The summed E-state index contributed by atoms with van der Waals surface area (Å²) >= 11 is 1.22. The molecule has 1 N–H and O–H groups in total. The van der Waals surface area contributed by atoms with Gasteiger partial charge < -0.3 is 14.8 Å². The van der Waals surface area contributed by atoms with E-state index in [1.165, 1.54) is 50.2 Å². The summed E-state index contributed by atoms with van der Waals surface area (Å²) in [7, 11) is -0.835. The van der Waals surface area contributed by atoms with Crippen LogP contribution in [0.25, 0.3) is 6.08 Å². The molecule has 33 heavy (non-hydrogen) atoms. The van der Waals surface area contributed by atoms with Gasteiger partial charge in [-0.05, 0) is 54.1 Å². The number of amides is 1. The number of halogens is 1. The Labute approximate surface area is 195 Å². The van der Waals surface area contributed by atoms with Crippen molar-refractivity contribution in [2.24, 2.45) is 0 Å². The fourth-order valence-electron chi connectivity index (χ4n) is 3.39. The van der Waals surface area contributed by atoms with Crippen molar-refractivity contribution in [1.29, 1.82) is 0 Å². The summed E-state index contributed by atoms with van der Waals surface area (Å²) in [5.41, 5.74) is 1.51. The zero-order valence-electron chi connectivity index (χ0n) is 17.8. The molecule has 0 saturated carbocycles. The largest absolute Gasteiger partial charge is 0.496 e. The van der Waals surface area contributed by atoms with Gasteiger partial charge in [-0.2, -0.15) is 0 Å². The summed E-state index contributed by atoms with van der Waals surface area (Å²) in [5.74, 6) is -0.221. The molecule has 3 aromatic carbocycles. The first-order valence-corrected chi connectivity index (χ1v) is 12.3. The maximum Gasteiger partial charge on any atom is 0.262 e. The lowest BCUT2D eigenvalue weighted by Crippen LogP contribution is -2.18. The number of carbonyl (C=O) groups excluding carboxylic acids is 1. The topological polar surface area (TPSA) is 81.7 Å². The van der Waals surface area contributed by atoms with Gasteiger partial charge >= 0.3 is 0 Å². The second-order valence-corrected chi connectivity index (χ2v) is 10.2. The molecule has 0 radical (unpaired) electrons. The van der Waals surface area contributed by atoms with Gasteiger partial charge in [-0.15, -0.1) is 0 Å². The predicted molar refractivity (Wildman–Crippen MR) is 126 cm³/mol. The van der Waals surface area contributed by atoms with Crippen LogP contribution in [0.2, 0.25) is 0 Å². The molecular formula is C24H20FNO5S2. The zero-order chi connectivity index (χ0) is 23.6. The van der Waals surface area contributed by atoms with E-state index in [9.17, 15) is 17.6 Å². The van der Waals surface area contributed by atoms with Crippen LogP contribution in [-0.2, 0) is 20.4 Å². The summed E-state index contributed by atoms with van der Waals surface area (Å²) in [6.45, 7) is 0. The van der Waals surface area contributed by atoms with E-state index in [1.54, 1.807) is 42.5 Å². The van der Waals surface area contributed by atoms with Crippen molar-refractivity contribution >= 4 is 39.3 Å².